The Kier molecular flexibility index (Phi) is 3.36. The maximum Gasteiger partial charge on any atom is 0.413 e. The van der Waals surface area contributed by atoms with Crippen LogP contribution in [0.3, 0.4) is 0 Å². The minimum atomic E-state index is -0.987. The fourth-order valence-electron chi connectivity index (χ4n) is 0.885. The number of hydrogen-bond donors (Lipinski definition) is 1. The first-order valence-corrected chi connectivity index (χ1v) is 4.59. The summed E-state index contributed by atoms with van der Waals surface area (Å²) in [7, 11) is 0. The van der Waals surface area contributed by atoms with Crippen LogP contribution >= 0.6 is 11.6 Å². The number of ether oxygens (including phenoxy) is 1. The summed E-state index contributed by atoms with van der Waals surface area (Å²) in [6.07, 6.45) is -0.559. The topological polar surface area (TPSA) is 38.3 Å². The summed E-state index contributed by atoms with van der Waals surface area (Å²) in [4.78, 5) is 11.2. The summed E-state index contributed by atoms with van der Waals surface area (Å²) in [5, 5.41) is 1.57. The largest absolute Gasteiger partial charge is 0.427 e. The van der Waals surface area contributed by atoms with Gasteiger partial charge < -0.3 is 4.74 Å². The molecular formula is C10H12ClNO2. The van der Waals surface area contributed by atoms with Gasteiger partial charge in [0.1, 0.15) is 0 Å². The standard InChI is InChI=1S/C10H12ClNO2/c1-10(2,11)14-9(13)12-8-6-4-3-5-7-8/h3-7H,1-2H3,(H,12,13). The highest BCUT2D eigenvalue weighted by atomic mass is 35.5. The highest BCUT2D eigenvalue weighted by Crippen LogP contribution is 2.15. The molecule has 76 valence electrons. The van der Waals surface area contributed by atoms with Crippen molar-refractivity contribution in [1.82, 2.24) is 0 Å². The second-order valence-corrected chi connectivity index (χ2v) is 4.15. The number of hydrogen-bond acceptors (Lipinski definition) is 2. The number of carbonyl (C=O) groups excluding carboxylic acids is 1. The Balaban J connectivity index is 2.50. The predicted octanol–water partition coefficient (Wildman–Crippen LogP) is 3.21. The molecule has 0 aromatic heterocycles. The fourth-order valence-corrected chi connectivity index (χ4v) is 0.955. The van der Waals surface area contributed by atoms with Gasteiger partial charge in [0, 0.05) is 5.69 Å². The second-order valence-electron chi connectivity index (χ2n) is 3.24. The van der Waals surface area contributed by atoms with Crippen molar-refractivity contribution in [3.8, 4) is 0 Å². The Morgan fingerprint density at radius 1 is 1.36 bits per heavy atom. The zero-order valence-corrected chi connectivity index (χ0v) is 8.84. The molecule has 0 aliphatic rings. The van der Waals surface area contributed by atoms with Gasteiger partial charge in [-0.05, 0) is 26.0 Å². The minimum Gasteiger partial charge on any atom is -0.427 e. The minimum absolute atomic E-state index is 0.559. The Morgan fingerprint density at radius 2 is 1.93 bits per heavy atom. The van der Waals surface area contributed by atoms with E-state index in [2.05, 4.69) is 5.32 Å². The molecule has 0 spiro atoms. The second kappa shape index (κ2) is 4.33. The first kappa shape index (κ1) is 10.9. The van der Waals surface area contributed by atoms with E-state index in [1.807, 2.05) is 18.2 Å². The van der Waals surface area contributed by atoms with Gasteiger partial charge in [-0.25, -0.2) is 4.79 Å². The molecule has 1 aromatic carbocycles. The number of anilines is 1. The van der Waals surface area contributed by atoms with Crippen LogP contribution < -0.4 is 5.32 Å². The van der Waals surface area contributed by atoms with Crippen LogP contribution in [0, 0.1) is 0 Å². The number of carbonyl (C=O) groups is 1. The van der Waals surface area contributed by atoms with Crippen LogP contribution in [-0.2, 0) is 4.74 Å². The normalized spacial score (nSPS) is 10.8. The number of amides is 1. The van der Waals surface area contributed by atoms with Gasteiger partial charge in [-0.3, -0.25) is 5.32 Å². The molecule has 3 nitrogen and oxygen atoms in total. The zero-order chi connectivity index (χ0) is 10.6. The molecule has 1 amide bonds. The van der Waals surface area contributed by atoms with Crippen molar-refractivity contribution in [2.24, 2.45) is 0 Å². The third-order valence-electron chi connectivity index (χ3n) is 1.36. The first-order chi connectivity index (χ1) is 6.47. The molecule has 0 saturated carbocycles. The first-order valence-electron chi connectivity index (χ1n) is 4.21. The molecule has 14 heavy (non-hydrogen) atoms. The van der Waals surface area contributed by atoms with Gasteiger partial charge in [0.15, 0.2) is 5.06 Å². The lowest BCUT2D eigenvalue weighted by molar-refractivity contribution is 0.106. The number of alkyl halides is 1. The van der Waals surface area contributed by atoms with Gasteiger partial charge in [-0.1, -0.05) is 29.8 Å². The summed E-state index contributed by atoms with van der Waals surface area (Å²) in [5.74, 6) is 0. The highest BCUT2D eigenvalue weighted by molar-refractivity contribution is 6.23. The number of benzene rings is 1. The van der Waals surface area contributed by atoms with Crippen LogP contribution in [0.25, 0.3) is 0 Å². The van der Waals surface area contributed by atoms with Crippen LogP contribution in [0.1, 0.15) is 13.8 Å². The Hall–Kier alpha value is -1.22. The van der Waals surface area contributed by atoms with Crippen LogP contribution in [0.15, 0.2) is 30.3 Å². The van der Waals surface area contributed by atoms with Gasteiger partial charge in [0.05, 0.1) is 0 Å². The van der Waals surface area contributed by atoms with Crippen molar-refractivity contribution in [3.05, 3.63) is 30.3 Å². The summed E-state index contributed by atoms with van der Waals surface area (Å²) < 4.78 is 4.86. The van der Waals surface area contributed by atoms with Crippen LogP contribution in [0.5, 0.6) is 0 Å². The van der Waals surface area contributed by atoms with Gasteiger partial charge in [-0.2, -0.15) is 0 Å². The van der Waals surface area contributed by atoms with E-state index in [1.54, 1.807) is 26.0 Å². The van der Waals surface area contributed by atoms with Crippen molar-refractivity contribution >= 4 is 23.4 Å². The van der Waals surface area contributed by atoms with E-state index in [0.717, 1.165) is 0 Å². The molecule has 0 heterocycles. The van der Waals surface area contributed by atoms with Gasteiger partial charge in [0.2, 0.25) is 0 Å². The lowest BCUT2D eigenvalue weighted by Crippen LogP contribution is -2.25. The van der Waals surface area contributed by atoms with Crippen LogP contribution in [-0.4, -0.2) is 11.2 Å². The molecule has 0 fully saturated rings. The number of rotatable bonds is 2. The predicted molar refractivity (Wildman–Crippen MR) is 56.5 cm³/mol. The van der Waals surface area contributed by atoms with Crippen molar-refractivity contribution in [3.63, 3.8) is 0 Å². The smallest absolute Gasteiger partial charge is 0.413 e. The van der Waals surface area contributed by atoms with E-state index < -0.39 is 11.2 Å². The molecular weight excluding hydrogens is 202 g/mol. The van der Waals surface area contributed by atoms with Gasteiger partial charge in [0.25, 0.3) is 0 Å². The van der Waals surface area contributed by atoms with Crippen molar-refractivity contribution in [2.75, 3.05) is 5.32 Å². The maximum atomic E-state index is 11.2. The third-order valence-corrected chi connectivity index (χ3v) is 1.43. The van der Waals surface area contributed by atoms with E-state index in [0.29, 0.717) is 5.69 Å². The number of nitrogens with one attached hydrogen (secondary N) is 1. The summed E-state index contributed by atoms with van der Waals surface area (Å²) >= 11 is 5.71. The molecule has 0 bridgehead atoms. The molecule has 1 rings (SSSR count). The summed E-state index contributed by atoms with van der Waals surface area (Å²) in [6.45, 7) is 3.19. The van der Waals surface area contributed by atoms with Crippen molar-refractivity contribution < 1.29 is 9.53 Å². The molecule has 0 aliphatic heterocycles. The number of halogens is 1. The highest BCUT2D eigenvalue weighted by Gasteiger charge is 2.18. The van der Waals surface area contributed by atoms with E-state index in [-0.39, 0.29) is 0 Å². The molecule has 0 unspecified atom stereocenters. The quantitative estimate of drug-likeness (QED) is 0.767. The average molecular weight is 214 g/mol. The lowest BCUT2D eigenvalue weighted by Gasteiger charge is -2.17. The van der Waals surface area contributed by atoms with Crippen LogP contribution in [0.4, 0.5) is 10.5 Å². The van der Waals surface area contributed by atoms with E-state index in [9.17, 15) is 4.79 Å². The van der Waals surface area contributed by atoms with E-state index in [1.165, 1.54) is 0 Å². The Morgan fingerprint density at radius 3 is 2.43 bits per heavy atom. The molecule has 0 saturated heterocycles. The number of para-hydroxylation sites is 1. The Bertz CT molecular complexity index is 306. The van der Waals surface area contributed by atoms with Crippen molar-refractivity contribution in [2.45, 2.75) is 18.9 Å². The monoisotopic (exact) mass is 213 g/mol. The fraction of sp³-hybridized carbons (Fsp3) is 0.300. The molecule has 0 aliphatic carbocycles. The molecule has 0 radical (unpaired) electrons. The zero-order valence-electron chi connectivity index (χ0n) is 8.08. The third kappa shape index (κ3) is 4.14. The van der Waals surface area contributed by atoms with Crippen molar-refractivity contribution in [1.29, 1.82) is 0 Å². The van der Waals surface area contributed by atoms with Gasteiger partial charge in [-0.15, -0.1) is 0 Å². The molecule has 1 N–H and O–H groups in total. The summed E-state index contributed by atoms with van der Waals surface area (Å²) in [5.41, 5.74) is 0.679. The lowest BCUT2D eigenvalue weighted by atomic mass is 10.3. The summed E-state index contributed by atoms with van der Waals surface area (Å²) in [6, 6.07) is 9.04. The SMILES string of the molecule is CC(C)(Cl)OC(=O)Nc1ccccc1. The van der Waals surface area contributed by atoms with Gasteiger partial charge >= 0.3 is 6.09 Å². The average Bonchev–Trinajstić information content (AvgIpc) is 2.02. The van der Waals surface area contributed by atoms with E-state index >= 15 is 0 Å². The van der Waals surface area contributed by atoms with Crippen LogP contribution in [0.2, 0.25) is 0 Å². The van der Waals surface area contributed by atoms with E-state index in [4.69, 9.17) is 16.3 Å². The molecule has 0 atom stereocenters. The molecule has 4 heteroatoms. The Labute approximate surface area is 88.0 Å². The molecule has 1 aromatic rings. The maximum absolute atomic E-state index is 11.2.